The van der Waals surface area contributed by atoms with E-state index in [2.05, 4.69) is 19.3 Å². The largest absolute Gasteiger partial charge is 0.484 e. The van der Waals surface area contributed by atoms with Crippen molar-refractivity contribution in [3.05, 3.63) is 65.2 Å². The van der Waals surface area contributed by atoms with Crippen LogP contribution in [0.5, 0.6) is 5.75 Å². The Balaban J connectivity index is 1.57. The molecule has 0 aromatic heterocycles. The molecule has 0 radical (unpaired) electrons. The molecule has 6 heteroatoms. The average Bonchev–Trinajstić information content (AvgIpc) is 2.91. The second-order valence-corrected chi connectivity index (χ2v) is 6.19. The van der Waals surface area contributed by atoms with Gasteiger partial charge in [0, 0.05) is 0 Å². The van der Waals surface area contributed by atoms with Crippen LogP contribution in [0.25, 0.3) is 0 Å². The van der Waals surface area contributed by atoms with Crippen molar-refractivity contribution in [2.75, 3.05) is 6.61 Å². The van der Waals surface area contributed by atoms with Gasteiger partial charge in [-0.15, -0.1) is 0 Å². The summed E-state index contributed by atoms with van der Waals surface area (Å²) < 4.78 is 5.43. The van der Waals surface area contributed by atoms with Crippen LogP contribution in [0.4, 0.5) is 0 Å². The molecule has 6 nitrogen and oxygen atoms in total. The number of nitrogens with one attached hydrogen (secondary N) is 1. The van der Waals surface area contributed by atoms with E-state index in [9.17, 15) is 14.4 Å². The second kappa shape index (κ2) is 7.39. The number of benzene rings is 2. The van der Waals surface area contributed by atoms with E-state index in [-0.39, 0.29) is 17.7 Å². The van der Waals surface area contributed by atoms with Gasteiger partial charge in [0.05, 0.1) is 11.1 Å². The molecule has 134 valence electrons. The molecule has 0 aliphatic carbocycles. The van der Waals surface area contributed by atoms with Crippen molar-refractivity contribution in [3.8, 4) is 5.75 Å². The van der Waals surface area contributed by atoms with Crippen LogP contribution in [0.2, 0.25) is 0 Å². The summed E-state index contributed by atoms with van der Waals surface area (Å²) in [6.07, 6.45) is 1.04. The van der Waals surface area contributed by atoms with Crippen LogP contribution in [-0.2, 0) is 4.79 Å². The van der Waals surface area contributed by atoms with E-state index in [4.69, 9.17) is 4.74 Å². The number of hydrogen-bond donors (Lipinski definition) is 1. The van der Waals surface area contributed by atoms with Crippen LogP contribution >= 0.6 is 0 Å². The number of carbonyl (C=O) groups excluding carboxylic acids is 3. The maximum Gasteiger partial charge on any atom is 0.280 e. The van der Waals surface area contributed by atoms with E-state index >= 15 is 0 Å². The van der Waals surface area contributed by atoms with Crippen LogP contribution in [0.3, 0.4) is 0 Å². The molecule has 1 heterocycles. The molecule has 1 atom stereocenters. The Morgan fingerprint density at radius 1 is 1.04 bits per heavy atom. The summed E-state index contributed by atoms with van der Waals surface area (Å²) in [5.41, 5.74) is 4.06. The summed E-state index contributed by atoms with van der Waals surface area (Å²) in [6.45, 7) is 3.97. The van der Waals surface area contributed by atoms with Crippen molar-refractivity contribution in [3.63, 3.8) is 0 Å². The van der Waals surface area contributed by atoms with E-state index < -0.39 is 17.7 Å². The predicted octanol–water partition coefficient (Wildman–Crippen LogP) is 2.91. The molecule has 3 amide bonds. The normalized spacial score (nSPS) is 14.2. The number of rotatable bonds is 6. The smallest absolute Gasteiger partial charge is 0.280 e. The molecule has 2 aromatic carbocycles. The van der Waals surface area contributed by atoms with Crippen LogP contribution in [0.1, 0.15) is 52.5 Å². The minimum Gasteiger partial charge on any atom is -0.484 e. The summed E-state index contributed by atoms with van der Waals surface area (Å²) in [6, 6.07) is 14.0. The third kappa shape index (κ3) is 3.44. The number of imide groups is 1. The molecule has 1 aliphatic heterocycles. The predicted molar refractivity (Wildman–Crippen MR) is 95.7 cm³/mol. The standard InChI is InChI=1S/C20H20N2O4/c1-3-13(2)14-8-10-15(11-9-14)26-12-18(23)21-22-19(24)16-6-4-5-7-17(16)20(22)25/h4-11,13H,3,12H2,1-2H3,(H,21,23). The van der Waals surface area contributed by atoms with Gasteiger partial charge in [-0.05, 0) is 42.2 Å². The number of carbonyl (C=O) groups is 3. The first-order valence-corrected chi connectivity index (χ1v) is 8.51. The van der Waals surface area contributed by atoms with Gasteiger partial charge in [0.1, 0.15) is 5.75 Å². The van der Waals surface area contributed by atoms with Crippen molar-refractivity contribution in [2.24, 2.45) is 0 Å². The lowest BCUT2D eigenvalue weighted by molar-refractivity contribution is -0.126. The molecule has 0 saturated carbocycles. The van der Waals surface area contributed by atoms with Crippen molar-refractivity contribution < 1.29 is 19.1 Å². The highest BCUT2D eigenvalue weighted by Crippen LogP contribution is 2.22. The number of fused-ring (bicyclic) bond motifs is 1. The highest BCUT2D eigenvalue weighted by Gasteiger charge is 2.36. The van der Waals surface area contributed by atoms with Gasteiger partial charge in [0.15, 0.2) is 6.61 Å². The Kier molecular flexibility index (Phi) is 5.02. The number of nitrogens with zero attached hydrogens (tertiary/aromatic N) is 1. The summed E-state index contributed by atoms with van der Waals surface area (Å²) >= 11 is 0. The zero-order valence-electron chi connectivity index (χ0n) is 14.7. The van der Waals surface area contributed by atoms with Crippen molar-refractivity contribution >= 4 is 17.7 Å². The van der Waals surface area contributed by atoms with Gasteiger partial charge < -0.3 is 4.74 Å². The van der Waals surface area contributed by atoms with Crippen molar-refractivity contribution in [1.82, 2.24) is 10.4 Å². The number of amides is 3. The summed E-state index contributed by atoms with van der Waals surface area (Å²) in [7, 11) is 0. The lowest BCUT2D eigenvalue weighted by Crippen LogP contribution is -2.47. The summed E-state index contributed by atoms with van der Waals surface area (Å²) in [4.78, 5) is 36.4. The summed E-state index contributed by atoms with van der Waals surface area (Å²) in [5, 5.41) is 0.725. The van der Waals surface area contributed by atoms with E-state index in [1.807, 2.05) is 12.1 Å². The fourth-order valence-corrected chi connectivity index (χ4v) is 2.72. The molecule has 3 rings (SSSR count). The fourth-order valence-electron chi connectivity index (χ4n) is 2.72. The molecule has 1 unspecified atom stereocenters. The maximum atomic E-state index is 12.2. The van der Waals surface area contributed by atoms with Gasteiger partial charge in [0.25, 0.3) is 17.7 Å². The minimum atomic E-state index is -0.578. The highest BCUT2D eigenvalue weighted by atomic mass is 16.5. The van der Waals surface area contributed by atoms with Crippen LogP contribution in [0.15, 0.2) is 48.5 Å². The van der Waals surface area contributed by atoms with Gasteiger partial charge in [-0.1, -0.05) is 38.1 Å². The van der Waals surface area contributed by atoms with E-state index in [0.29, 0.717) is 11.7 Å². The molecule has 26 heavy (non-hydrogen) atoms. The molecular formula is C20H20N2O4. The Hall–Kier alpha value is -3.15. The number of hydrazine groups is 1. The van der Waals surface area contributed by atoms with E-state index in [1.165, 1.54) is 5.56 Å². The Labute approximate surface area is 151 Å². The lowest BCUT2D eigenvalue weighted by Gasteiger charge is -2.15. The van der Waals surface area contributed by atoms with Crippen molar-refractivity contribution in [2.45, 2.75) is 26.2 Å². The zero-order chi connectivity index (χ0) is 18.7. The van der Waals surface area contributed by atoms with Gasteiger partial charge >= 0.3 is 0 Å². The lowest BCUT2D eigenvalue weighted by atomic mass is 9.99. The van der Waals surface area contributed by atoms with Crippen LogP contribution in [-0.4, -0.2) is 29.3 Å². The third-order valence-corrected chi connectivity index (χ3v) is 4.46. The molecule has 1 N–H and O–H groups in total. The highest BCUT2D eigenvalue weighted by molar-refractivity contribution is 6.21. The van der Waals surface area contributed by atoms with E-state index in [1.54, 1.807) is 36.4 Å². The topological polar surface area (TPSA) is 75.7 Å². The Bertz CT molecular complexity index is 810. The average molecular weight is 352 g/mol. The van der Waals surface area contributed by atoms with Crippen LogP contribution < -0.4 is 10.2 Å². The van der Waals surface area contributed by atoms with Gasteiger partial charge in [0.2, 0.25) is 0 Å². The van der Waals surface area contributed by atoms with Gasteiger partial charge in [-0.2, -0.15) is 5.01 Å². The fraction of sp³-hybridized carbons (Fsp3) is 0.250. The molecule has 1 aliphatic rings. The zero-order valence-corrected chi connectivity index (χ0v) is 14.7. The molecule has 0 saturated heterocycles. The Morgan fingerprint density at radius 3 is 2.15 bits per heavy atom. The summed E-state index contributed by atoms with van der Waals surface area (Å²) in [5.74, 6) is -0.657. The first-order valence-electron chi connectivity index (χ1n) is 8.51. The van der Waals surface area contributed by atoms with Crippen LogP contribution in [0, 0.1) is 0 Å². The molecule has 0 spiro atoms. The first-order chi connectivity index (χ1) is 12.5. The number of ether oxygens (including phenoxy) is 1. The van der Waals surface area contributed by atoms with Gasteiger partial charge in [-0.25, -0.2) is 0 Å². The third-order valence-electron chi connectivity index (χ3n) is 4.46. The van der Waals surface area contributed by atoms with Gasteiger partial charge in [-0.3, -0.25) is 19.8 Å². The monoisotopic (exact) mass is 352 g/mol. The molecule has 2 aromatic rings. The quantitative estimate of drug-likeness (QED) is 0.811. The maximum absolute atomic E-state index is 12.2. The molecular weight excluding hydrogens is 332 g/mol. The van der Waals surface area contributed by atoms with Crippen molar-refractivity contribution in [1.29, 1.82) is 0 Å². The number of hydrogen-bond acceptors (Lipinski definition) is 4. The Morgan fingerprint density at radius 2 is 1.62 bits per heavy atom. The SMILES string of the molecule is CCC(C)c1ccc(OCC(=O)NN2C(=O)c3ccccc3C2=O)cc1. The second-order valence-electron chi connectivity index (χ2n) is 6.19. The first kappa shape index (κ1) is 17.7. The molecule has 0 fully saturated rings. The minimum absolute atomic E-state index is 0.277. The molecule has 0 bridgehead atoms. The van der Waals surface area contributed by atoms with E-state index in [0.717, 1.165) is 11.4 Å².